The third-order valence-electron chi connectivity index (χ3n) is 1.67. The summed E-state index contributed by atoms with van der Waals surface area (Å²) in [6, 6.07) is 0. The lowest BCUT2D eigenvalue weighted by atomic mass is 9.99. The Morgan fingerprint density at radius 1 is 1.80 bits per heavy atom. The lowest BCUT2D eigenvalue weighted by Crippen LogP contribution is -2.11. The van der Waals surface area contributed by atoms with Crippen molar-refractivity contribution >= 4 is 0 Å². The van der Waals surface area contributed by atoms with E-state index >= 15 is 0 Å². The van der Waals surface area contributed by atoms with Gasteiger partial charge in [-0.2, -0.15) is 0 Å². The second-order valence-corrected chi connectivity index (χ2v) is 2.69. The van der Waals surface area contributed by atoms with E-state index in [0.717, 1.165) is 6.42 Å². The Morgan fingerprint density at radius 3 is 3.10 bits per heavy atom. The Hall–Kier alpha value is -0.600. The van der Waals surface area contributed by atoms with Crippen LogP contribution in [-0.2, 0) is 0 Å². The van der Waals surface area contributed by atoms with Gasteiger partial charge in [-0.15, -0.1) is 0 Å². The van der Waals surface area contributed by atoms with Crippen LogP contribution in [0.3, 0.4) is 0 Å². The lowest BCUT2D eigenvalue weighted by Gasteiger charge is -2.10. The average Bonchev–Trinajstić information content (AvgIpc) is 1.95. The normalized spacial score (nSPS) is 24.6. The Labute approximate surface area is 61.2 Å². The van der Waals surface area contributed by atoms with Crippen molar-refractivity contribution in [2.45, 2.75) is 13.3 Å². The summed E-state index contributed by atoms with van der Waals surface area (Å²) in [6.45, 7) is 2.74. The van der Waals surface area contributed by atoms with Crippen LogP contribution >= 0.6 is 0 Å². The molecule has 1 rings (SSSR count). The molecule has 10 heavy (non-hydrogen) atoms. The van der Waals surface area contributed by atoms with Crippen LogP contribution in [0.2, 0.25) is 0 Å². The highest BCUT2D eigenvalue weighted by molar-refractivity contribution is 5.24. The molecule has 1 aliphatic rings. The minimum absolute atomic E-state index is 0.559. The largest absolute Gasteiger partial charge is 0.316 e. The van der Waals surface area contributed by atoms with Gasteiger partial charge < -0.3 is 5.21 Å². The summed E-state index contributed by atoms with van der Waals surface area (Å²) >= 11 is 0. The summed E-state index contributed by atoms with van der Waals surface area (Å²) < 4.78 is 0. The molecule has 0 fully saturated rings. The van der Waals surface area contributed by atoms with Gasteiger partial charge in [-0.1, -0.05) is 25.2 Å². The van der Waals surface area contributed by atoms with Crippen LogP contribution in [0.5, 0.6) is 0 Å². The first-order valence-corrected chi connectivity index (χ1v) is 3.57. The van der Waals surface area contributed by atoms with Gasteiger partial charge in [0, 0.05) is 6.54 Å². The van der Waals surface area contributed by atoms with E-state index in [-0.39, 0.29) is 0 Å². The maximum Gasteiger partial charge on any atom is 0.0454 e. The van der Waals surface area contributed by atoms with Crippen molar-refractivity contribution < 1.29 is 5.21 Å². The first kappa shape index (κ1) is 7.51. The van der Waals surface area contributed by atoms with E-state index in [4.69, 9.17) is 5.21 Å². The van der Waals surface area contributed by atoms with Crippen LogP contribution in [0.1, 0.15) is 13.3 Å². The lowest BCUT2D eigenvalue weighted by molar-refractivity contribution is 0.177. The predicted octanol–water partition coefficient (Wildman–Crippen LogP) is 1.49. The summed E-state index contributed by atoms with van der Waals surface area (Å²) in [5.41, 5.74) is 3.30. The fraction of sp³-hybridized carbons (Fsp3) is 0.500. The SMILES string of the molecule is CC1C=CC(CNO)=CC1. The van der Waals surface area contributed by atoms with Crippen molar-refractivity contribution in [3.63, 3.8) is 0 Å². The molecule has 2 heteroatoms. The number of allylic oxidation sites excluding steroid dienone is 2. The minimum atomic E-state index is 0.559. The molecule has 0 spiro atoms. The Kier molecular flexibility index (Phi) is 2.66. The van der Waals surface area contributed by atoms with Crippen molar-refractivity contribution in [3.05, 3.63) is 23.8 Å². The van der Waals surface area contributed by atoms with Gasteiger partial charge in [0.15, 0.2) is 0 Å². The fourth-order valence-corrected chi connectivity index (χ4v) is 0.994. The molecule has 1 unspecified atom stereocenters. The molecule has 0 saturated carbocycles. The third-order valence-corrected chi connectivity index (χ3v) is 1.67. The zero-order valence-electron chi connectivity index (χ0n) is 6.17. The molecule has 56 valence electrons. The molecule has 0 amide bonds. The highest BCUT2D eigenvalue weighted by Crippen LogP contribution is 2.14. The third kappa shape index (κ3) is 1.97. The van der Waals surface area contributed by atoms with Gasteiger partial charge in [-0.25, -0.2) is 5.48 Å². The molecule has 0 bridgehead atoms. The van der Waals surface area contributed by atoms with Crippen LogP contribution in [-0.4, -0.2) is 11.8 Å². The first-order valence-electron chi connectivity index (χ1n) is 3.57. The first-order chi connectivity index (χ1) is 4.83. The minimum Gasteiger partial charge on any atom is -0.316 e. The second-order valence-electron chi connectivity index (χ2n) is 2.69. The van der Waals surface area contributed by atoms with Crippen molar-refractivity contribution in [1.29, 1.82) is 0 Å². The van der Waals surface area contributed by atoms with Gasteiger partial charge in [-0.05, 0) is 17.9 Å². The van der Waals surface area contributed by atoms with E-state index < -0.39 is 0 Å². The van der Waals surface area contributed by atoms with Crippen LogP contribution in [0.25, 0.3) is 0 Å². The van der Waals surface area contributed by atoms with Crippen molar-refractivity contribution in [1.82, 2.24) is 5.48 Å². The molecule has 0 radical (unpaired) electrons. The van der Waals surface area contributed by atoms with E-state index in [0.29, 0.717) is 12.5 Å². The van der Waals surface area contributed by atoms with Crippen LogP contribution in [0, 0.1) is 5.92 Å². The van der Waals surface area contributed by atoms with Gasteiger partial charge in [0.1, 0.15) is 0 Å². The number of rotatable bonds is 2. The summed E-state index contributed by atoms with van der Waals surface area (Å²) in [7, 11) is 0. The molecule has 2 N–H and O–H groups in total. The van der Waals surface area contributed by atoms with Gasteiger partial charge in [0.25, 0.3) is 0 Å². The zero-order chi connectivity index (χ0) is 7.40. The molecule has 2 nitrogen and oxygen atoms in total. The number of hydroxylamine groups is 1. The number of nitrogens with one attached hydrogen (secondary N) is 1. The molecule has 0 aromatic carbocycles. The molecule has 1 aliphatic carbocycles. The Morgan fingerprint density at radius 2 is 2.60 bits per heavy atom. The maximum absolute atomic E-state index is 8.36. The Bertz CT molecular complexity index is 161. The predicted molar refractivity (Wildman–Crippen MR) is 40.8 cm³/mol. The van der Waals surface area contributed by atoms with Gasteiger partial charge >= 0.3 is 0 Å². The van der Waals surface area contributed by atoms with E-state index in [1.807, 2.05) is 0 Å². The molecule has 0 heterocycles. The van der Waals surface area contributed by atoms with Crippen LogP contribution in [0.4, 0.5) is 0 Å². The van der Waals surface area contributed by atoms with Gasteiger partial charge in [0.05, 0.1) is 0 Å². The highest BCUT2D eigenvalue weighted by atomic mass is 16.5. The molecule has 1 atom stereocenters. The summed E-state index contributed by atoms with van der Waals surface area (Å²) in [5, 5.41) is 8.36. The maximum atomic E-state index is 8.36. The van der Waals surface area contributed by atoms with E-state index in [2.05, 4.69) is 30.6 Å². The molecular weight excluding hydrogens is 126 g/mol. The average molecular weight is 139 g/mol. The van der Waals surface area contributed by atoms with Crippen molar-refractivity contribution in [2.24, 2.45) is 5.92 Å². The quantitative estimate of drug-likeness (QED) is 0.568. The molecular formula is C8H13NO. The molecule has 0 aromatic heterocycles. The molecule has 0 aromatic rings. The molecule has 0 saturated heterocycles. The topological polar surface area (TPSA) is 32.3 Å². The van der Waals surface area contributed by atoms with E-state index in [1.165, 1.54) is 5.57 Å². The van der Waals surface area contributed by atoms with Crippen LogP contribution < -0.4 is 5.48 Å². The van der Waals surface area contributed by atoms with Crippen LogP contribution in [0.15, 0.2) is 23.8 Å². The van der Waals surface area contributed by atoms with Gasteiger partial charge in [-0.3, -0.25) is 0 Å². The van der Waals surface area contributed by atoms with E-state index in [9.17, 15) is 0 Å². The summed E-state index contributed by atoms with van der Waals surface area (Å²) in [6.07, 6.45) is 7.45. The zero-order valence-corrected chi connectivity index (χ0v) is 6.17. The van der Waals surface area contributed by atoms with Crippen molar-refractivity contribution in [2.75, 3.05) is 6.54 Å². The second kappa shape index (κ2) is 3.54. The van der Waals surface area contributed by atoms with Gasteiger partial charge in [0.2, 0.25) is 0 Å². The smallest absolute Gasteiger partial charge is 0.0454 e. The number of hydrogen-bond acceptors (Lipinski definition) is 2. The Balaban J connectivity index is 2.42. The monoisotopic (exact) mass is 139 g/mol. The summed E-state index contributed by atoms with van der Waals surface area (Å²) in [4.78, 5) is 0. The summed E-state index contributed by atoms with van der Waals surface area (Å²) in [5.74, 6) is 0.655. The van der Waals surface area contributed by atoms with Crippen molar-refractivity contribution in [3.8, 4) is 0 Å². The fourth-order valence-electron chi connectivity index (χ4n) is 0.994. The molecule has 0 aliphatic heterocycles. The standard InChI is InChI=1S/C8H13NO/c1-7-2-4-8(5-3-7)6-9-10/h2,4-5,7,9-10H,3,6H2,1H3. The highest BCUT2D eigenvalue weighted by Gasteiger charge is 2.01. The number of hydrogen-bond donors (Lipinski definition) is 2. The van der Waals surface area contributed by atoms with E-state index in [1.54, 1.807) is 0 Å².